The molecule has 0 saturated carbocycles. The van der Waals surface area contributed by atoms with Gasteiger partial charge in [-0.05, 0) is 55.8 Å². The molecule has 0 aliphatic carbocycles. The van der Waals surface area contributed by atoms with Gasteiger partial charge < -0.3 is 4.57 Å². The van der Waals surface area contributed by atoms with Gasteiger partial charge in [0.05, 0.1) is 16.6 Å². The van der Waals surface area contributed by atoms with E-state index in [0.29, 0.717) is 0 Å². The molecule has 27 heavy (non-hydrogen) atoms. The van der Waals surface area contributed by atoms with E-state index in [2.05, 4.69) is 70.9 Å². The Labute approximate surface area is 156 Å². The molecule has 0 atom stereocenters. The van der Waals surface area contributed by atoms with Crippen LogP contribution in [0.5, 0.6) is 0 Å². The first kappa shape index (κ1) is 15.9. The Kier molecular flexibility index (Phi) is 3.47. The Balaban J connectivity index is 1.51. The summed E-state index contributed by atoms with van der Waals surface area (Å²) in [6, 6.07) is 12.4. The third kappa shape index (κ3) is 2.56. The lowest BCUT2D eigenvalue weighted by atomic mass is 10.2. The predicted molar refractivity (Wildman–Crippen MR) is 106 cm³/mol. The van der Waals surface area contributed by atoms with Crippen LogP contribution in [0.25, 0.3) is 27.6 Å². The number of imidazole rings is 1. The van der Waals surface area contributed by atoms with Crippen LogP contribution in [0.1, 0.15) is 22.9 Å². The molecule has 0 aliphatic rings. The number of fused-ring (bicyclic) bond motifs is 4. The molecule has 0 spiro atoms. The summed E-state index contributed by atoms with van der Waals surface area (Å²) in [7, 11) is 2.07. The van der Waals surface area contributed by atoms with Crippen LogP contribution in [0.15, 0.2) is 42.6 Å². The Morgan fingerprint density at radius 3 is 2.78 bits per heavy atom. The lowest BCUT2D eigenvalue weighted by molar-refractivity contribution is 0.753. The SMILES string of the molecule is Cc1cc(C)n2nc(CCc3nc4c5cccnc5ccc4n3C)nc2c1. The summed E-state index contributed by atoms with van der Waals surface area (Å²) in [6.07, 6.45) is 3.37. The summed E-state index contributed by atoms with van der Waals surface area (Å²) in [5, 5.41) is 5.75. The lowest BCUT2D eigenvalue weighted by Crippen LogP contribution is -2.02. The maximum atomic E-state index is 4.90. The fourth-order valence-electron chi connectivity index (χ4n) is 3.77. The van der Waals surface area contributed by atoms with Crippen LogP contribution in [-0.4, -0.2) is 29.1 Å². The third-order valence-corrected chi connectivity index (χ3v) is 5.10. The van der Waals surface area contributed by atoms with E-state index in [1.54, 1.807) is 0 Å². The normalized spacial score (nSPS) is 11.8. The number of aromatic nitrogens is 6. The van der Waals surface area contributed by atoms with Crippen molar-refractivity contribution >= 4 is 27.6 Å². The van der Waals surface area contributed by atoms with Crippen molar-refractivity contribution in [1.29, 1.82) is 0 Å². The molecule has 0 bridgehead atoms. The third-order valence-electron chi connectivity index (χ3n) is 5.10. The van der Waals surface area contributed by atoms with E-state index in [0.717, 1.165) is 57.8 Å². The zero-order valence-corrected chi connectivity index (χ0v) is 15.6. The highest BCUT2D eigenvalue weighted by atomic mass is 15.3. The average molecular weight is 356 g/mol. The number of rotatable bonds is 3. The molecule has 5 aromatic rings. The maximum Gasteiger partial charge on any atom is 0.156 e. The summed E-state index contributed by atoms with van der Waals surface area (Å²) in [5.41, 5.74) is 6.32. The van der Waals surface area contributed by atoms with Gasteiger partial charge in [0.1, 0.15) is 5.82 Å². The van der Waals surface area contributed by atoms with Crippen molar-refractivity contribution in [2.75, 3.05) is 0 Å². The number of pyridine rings is 2. The minimum Gasteiger partial charge on any atom is -0.331 e. The summed E-state index contributed by atoms with van der Waals surface area (Å²) < 4.78 is 4.07. The molecule has 134 valence electrons. The minimum atomic E-state index is 0.757. The Morgan fingerprint density at radius 2 is 1.89 bits per heavy atom. The average Bonchev–Trinajstić information content (AvgIpc) is 3.21. The molecule has 4 aromatic heterocycles. The van der Waals surface area contributed by atoms with Crippen molar-refractivity contribution in [3.63, 3.8) is 0 Å². The van der Waals surface area contributed by atoms with Gasteiger partial charge in [0.15, 0.2) is 11.5 Å². The van der Waals surface area contributed by atoms with Crippen molar-refractivity contribution in [2.45, 2.75) is 26.7 Å². The summed E-state index contributed by atoms with van der Waals surface area (Å²) >= 11 is 0. The fraction of sp³-hybridized carbons (Fsp3) is 0.238. The highest BCUT2D eigenvalue weighted by Crippen LogP contribution is 2.24. The molecular weight excluding hydrogens is 336 g/mol. The van der Waals surface area contributed by atoms with Crippen LogP contribution in [0, 0.1) is 13.8 Å². The van der Waals surface area contributed by atoms with Crippen LogP contribution in [0.2, 0.25) is 0 Å². The van der Waals surface area contributed by atoms with Crippen molar-refractivity contribution in [3.05, 3.63) is 65.5 Å². The van der Waals surface area contributed by atoms with E-state index in [9.17, 15) is 0 Å². The van der Waals surface area contributed by atoms with Gasteiger partial charge in [0, 0.05) is 37.2 Å². The standard InChI is InChI=1S/C21H20N6/c1-13-11-14(2)27-20(12-13)23-18(25-27)8-9-19-24-21-15-5-4-10-22-16(15)6-7-17(21)26(19)3/h4-7,10-12H,8-9H2,1-3H3. The Hall–Kier alpha value is -3.28. The smallest absolute Gasteiger partial charge is 0.156 e. The highest BCUT2D eigenvalue weighted by molar-refractivity contribution is 6.02. The van der Waals surface area contributed by atoms with Crippen LogP contribution < -0.4 is 0 Å². The van der Waals surface area contributed by atoms with Crippen LogP contribution in [-0.2, 0) is 19.9 Å². The maximum absolute atomic E-state index is 4.90. The molecule has 0 fully saturated rings. The Morgan fingerprint density at radius 1 is 1.00 bits per heavy atom. The van der Waals surface area contributed by atoms with E-state index in [1.165, 1.54) is 5.56 Å². The molecule has 6 nitrogen and oxygen atoms in total. The van der Waals surface area contributed by atoms with Gasteiger partial charge >= 0.3 is 0 Å². The van der Waals surface area contributed by atoms with E-state index in [4.69, 9.17) is 4.98 Å². The molecule has 5 rings (SSSR count). The largest absolute Gasteiger partial charge is 0.331 e. The number of nitrogens with zero attached hydrogens (tertiary/aromatic N) is 6. The van der Waals surface area contributed by atoms with Crippen LogP contribution in [0.3, 0.4) is 0 Å². The van der Waals surface area contributed by atoms with Gasteiger partial charge in [0.25, 0.3) is 0 Å². The van der Waals surface area contributed by atoms with E-state index < -0.39 is 0 Å². The van der Waals surface area contributed by atoms with E-state index >= 15 is 0 Å². The van der Waals surface area contributed by atoms with Crippen LogP contribution >= 0.6 is 0 Å². The molecule has 4 heterocycles. The van der Waals surface area contributed by atoms with E-state index in [1.807, 2.05) is 16.8 Å². The van der Waals surface area contributed by atoms with Crippen molar-refractivity contribution in [3.8, 4) is 0 Å². The minimum absolute atomic E-state index is 0.757. The predicted octanol–water partition coefficient (Wildman–Crippen LogP) is 3.57. The number of benzene rings is 1. The van der Waals surface area contributed by atoms with Gasteiger partial charge in [-0.25, -0.2) is 14.5 Å². The first-order valence-corrected chi connectivity index (χ1v) is 9.12. The zero-order chi connectivity index (χ0) is 18.5. The van der Waals surface area contributed by atoms with Gasteiger partial charge in [-0.2, -0.15) is 5.10 Å². The molecule has 0 radical (unpaired) electrons. The number of hydrogen-bond donors (Lipinski definition) is 0. The molecule has 0 aliphatic heterocycles. The second-order valence-electron chi connectivity index (χ2n) is 7.06. The molecule has 0 N–H and O–H groups in total. The topological polar surface area (TPSA) is 60.9 Å². The zero-order valence-electron chi connectivity index (χ0n) is 15.6. The number of hydrogen-bond acceptors (Lipinski definition) is 4. The first-order chi connectivity index (χ1) is 13.1. The molecule has 1 aromatic carbocycles. The quantitative estimate of drug-likeness (QED) is 0.496. The lowest BCUT2D eigenvalue weighted by Gasteiger charge is -2.01. The van der Waals surface area contributed by atoms with Crippen LogP contribution in [0.4, 0.5) is 0 Å². The summed E-state index contributed by atoms with van der Waals surface area (Å²) in [6.45, 7) is 4.14. The molecular formula is C21H20N6. The number of aryl methyl sites for hydroxylation is 5. The van der Waals surface area contributed by atoms with E-state index in [-0.39, 0.29) is 0 Å². The molecule has 0 unspecified atom stereocenters. The monoisotopic (exact) mass is 356 g/mol. The molecule has 0 amide bonds. The van der Waals surface area contributed by atoms with Crippen molar-refractivity contribution in [1.82, 2.24) is 29.1 Å². The summed E-state index contributed by atoms with van der Waals surface area (Å²) in [4.78, 5) is 14.0. The van der Waals surface area contributed by atoms with Gasteiger partial charge in [-0.1, -0.05) is 0 Å². The first-order valence-electron chi connectivity index (χ1n) is 9.12. The summed E-state index contributed by atoms with van der Waals surface area (Å²) in [5.74, 6) is 1.88. The van der Waals surface area contributed by atoms with Gasteiger partial charge in [0.2, 0.25) is 0 Å². The van der Waals surface area contributed by atoms with Gasteiger partial charge in [-0.3, -0.25) is 4.98 Å². The fourth-order valence-corrected chi connectivity index (χ4v) is 3.77. The highest BCUT2D eigenvalue weighted by Gasteiger charge is 2.13. The second kappa shape index (κ2) is 5.87. The second-order valence-corrected chi connectivity index (χ2v) is 7.06. The van der Waals surface area contributed by atoms with Crippen molar-refractivity contribution in [2.24, 2.45) is 7.05 Å². The van der Waals surface area contributed by atoms with Gasteiger partial charge in [-0.15, -0.1) is 0 Å². The Bertz CT molecular complexity index is 1310. The molecule has 0 saturated heterocycles. The molecule has 6 heteroatoms. The van der Waals surface area contributed by atoms with Crippen molar-refractivity contribution < 1.29 is 0 Å².